The Kier molecular flexibility index (Phi) is 5.80. The summed E-state index contributed by atoms with van der Waals surface area (Å²) in [5.74, 6) is -1.17. The second kappa shape index (κ2) is 8.44. The lowest BCUT2D eigenvalue weighted by Gasteiger charge is -2.32. The zero-order valence-corrected chi connectivity index (χ0v) is 19.3. The zero-order chi connectivity index (χ0) is 23.9. The Morgan fingerprint density at radius 2 is 1.39 bits per heavy atom. The van der Waals surface area contributed by atoms with E-state index in [1.807, 2.05) is 11.9 Å². The van der Waals surface area contributed by atoms with Crippen LogP contribution in [0.4, 0.5) is 5.69 Å². The van der Waals surface area contributed by atoms with Crippen LogP contribution in [0.2, 0.25) is 0 Å². The number of imide groups is 1. The summed E-state index contributed by atoms with van der Waals surface area (Å²) in [6, 6.07) is 11.3. The van der Waals surface area contributed by atoms with Gasteiger partial charge in [0, 0.05) is 48.5 Å². The fraction of sp³-hybridized carbons (Fsp3) is 0.360. The first-order valence-electron chi connectivity index (χ1n) is 11.0. The highest BCUT2D eigenvalue weighted by atomic mass is 16.2. The van der Waals surface area contributed by atoms with Gasteiger partial charge in [-0.3, -0.25) is 24.1 Å². The van der Waals surface area contributed by atoms with Gasteiger partial charge in [-0.2, -0.15) is 0 Å². The van der Waals surface area contributed by atoms with Gasteiger partial charge in [0.25, 0.3) is 23.6 Å². The molecule has 1 N–H and O–H groups in total. The molecule has 4 amide bonds. The minimum atomic E-state index is -0.654. The van der Waals surface area contributed by atoms with Crippen LogP contribution >= 0.6 is 0 Å². The quantitative estimate of drug-likeness (QED) is 0.730. The van der Waals surface area contributed by atoms with E-state index < -0.39 is 17.4 Å². The molecule has 1 saturated heterocycles. The van der Waals surface area contributed by atoms with Crippen LogP contribution in [0.25, 0.3) is 0 Å². The molecule has 4 rings (SSSR count). The van der Waals surface area contributed by atoms with Crippen LogP contribution in [-0.2, 0) is 0 Å². The number of likely N-dealkylation sites (N-methyl/N-ethyl adjacent to an activating group) is 1. The standard InChI is InChI=1S/C25H28N4O4/c1-25(2,3)29-23(32)19-10-7-17(15-20(19)24(29)33)21(30)26-18-8-5-16(6-9-18)22(31)28-13-11-27(4)12-14-28/h5-10,15H,11-14H2,1-4H3,(H,26,30). The normalized spacial score (nSPS) is 16.7. The summed E-state index contributed by atoms with van der Waals surface area (Å²) in [7, 11) is 2.04. The van der Waals surface area contributed by atoms with Crippen LogP contribution in [0.5, 0.6) is 0 Å². The first-order valence-corrected chi connectivity index (χ1v) is 11.0. The monoisotopic (exact) mass is 448 g/mol. The fourth-order valence-corrected chi connectivity index (χ4v) is 4.08. The van der Waals surface area contributed by atoms with E-state index in [0.29, 0.717) is 29.9 Å². The highest BCUT2D eigenvalue weighted by Crippen LogP contribution is 2.30. The largest absolute Gasteiger partial charge is 0.336 e. The molecule has 0 aromatic heterocycles. The van der Waals surface area contributed by atoms with Gasteiger partial charge in [-0.25, -0.2) is 0 Å². The summed E-state index contributed by atoms with van der Waals surface area (Å²) >= 11 is 0. The first-order chi connectivity index (χ1) is 15.6. The van der Waals surface area contributed by atoms with Crippen molar-refractivity contribution < 1.29 is 19.2 Å². The topological polar surface area (TPSA) is 90.0 Å². The minimum Gasteiger partial charge on any atom is -0.336 e. The van der Waals surface area contributed by atoms with Crippen molar-refractivity contribution in [2.24, 2.45) is 0 Å². The number of rotatable bonds is 3. The van der Waals surface area contributed by atoms with Gasteiger partial charge in [-0.15, -0.1) is 0 Å². The Balaban J connectivity index is 1.45. The molecule has 33 heavy (non-hydrogen) atoms. The summed E-state index contributed by atoms with van der Waals surface area (Å²) in [6.07, 6.45) is 0. The fourth-order valence-electron chi connectivity index (χ4n) is 4.08. The van der Waals surface area contributed by atoms with E-state index in [2.05, 4.69) is 10.2 Å². The molecule has 2 aromatic carbocycles. The molecule has 0 saturated carbocycles. The molecular weight excluding hydrogens is 420 g/mol. The molecule has 2 aromatic rings. The number of hydrogen-bond acceptors (Lipinski definition) is 5. The molecule has 0 aliphatic carbocycles. The predicted molar refractivity (Wildman–Crippen MR) is 124 cm³/mol. The number of carbonyl (C=O) groups excluding carboxylic acids is 4. The average molecular weight is 449 g/mol. The summed E-state index contributed by atoms with van der Waals surface area (Å²) in [5, 5.41) is 2.79. The Bertz CT molecular complexity index is 1130. The molecule has 2 heterocycles. The third kappa shape index (κ3) is 4.39. The van der Waals surface area contributed by atoms with Crippen molar-refractivity contribution in [2.45, 2.75) is 26.3 Å². The molecule has 0 atom stereocenters. The van der Waals surface area contributed by atoms with Crippen LogP contribution in [0.15, 0.2) is 42.5 Å². The second-order valence-corrected chi connectivity index (χ2v) is 9.50. The molecule has 0 bridgehead atoms. The van der Waals surface area contributed by atoms with Crippen molar-refractivity contribution in [2.75, 3.05) is 38.5 Å². The maximum Gasteiger partial charge on any atom is 0.262 e. The van der Waals surface area contributed by atoms with Crippen molar-refractivity contribution in [3.05, 3.63) is 64.7 Å². The third-order valence-corrected chi connectivity index (χ3v) is 6.00. The highest BCUT2D eigenvalue weighted by Gasteiger charge is 2.42. The number of fused-ring (bicyclic) bond motifs is 1. The van der Waals surface area contributed by atoms with E-state index in [4.69, 9.17) is 0 Å². The van der Waals surface area contributed by atoms with Crippen LogP contribution in [-0.4, -0.2) is 77.1 Å². The Morgan fingerprint density at radius 3 is 2.00 bits per heavy atom. The number of anilines is 1. The maximum atomic E-state index is 12.8. The van der Waals surface area contributed by atoms with Gasteiger partial charge in [0.2, 0.25) is 0 Å². The van der Waals surface area contributed by atoms with Crippen molar-refractivity contribution >= 4 is 29.3 Å². The van der Waals surface area contributed by atoms with E-state index in [0.717, 1.165) is 13.1 Å². The highest BCUT2D eigenvalue weighted by molar-refractivity contribution is 6.22. The van der Waals surface area contributed by atoms with Crippen molar-refractivity contribution in [3.63, 3.8) is 0 Å². The van der Waals surface area contributed by atoms with Crippen LogP contribution < -0.4 is 5.32 Å². The van der Waals surface area contributed by atoms with Crippen molar-refractivity contribution in [3.8, 4) is 0 Å². The average Bonchev–Trinajstić information content (AvgIpc) is 3.04. The molecule has 172 valence electrons. The lowest BCUT2D eigenvalue weighted by atomic mass is 10.1. The molecule has 8 nitrogen and oxygen atoms in total. The molecule has 1 fully saturated rings. The second-order valence-electron chi connectivity index (χ2n) is 9.50. The van der Waals surface area contributed by atoms with Crippen LogP contribution in [0.3, 0.4) is 0 Å². The van der Waals surface area contributed by atoms with Crippen molar-refractivity contribution in [1.82, 2.24) is 14.7 Å². The minimum absolute atomic E-state index is 0.0221. The number of benzene rings is 2. The maximum absolute atomic E-state index is 12.8. The Morgan fingerprint density at radius 1 is 0.818 bits per heavy atom. The van der Waals surface area contributed by atoms with E-state index in [-0.39, 0.29) is 22.9 Å². The molecule has 8 heteroatoms. The number of piperazine rings is 1. The Labute approximate surface area is 193 Å². The molecular formula is C25H28N4O4. The zero-order valence-electron chi connectivity index (χ0n) is 19.3. The lowest BCUT2D eigenvalue weighted by molar-refractivity contribution is 0.0507. The lowest BCUT2D eigenvalue weighted by Crippen LogP contribution is -2.47. The number of carbonyl (C=O) groups is 4. The third-order valence-electron chi connectivity index (χ3n) is 6.00. The van der Waals surface area contributed by atoms with Gasteiger partial charge in [0.15, 0.2) is 0 Å². The molecule has 2 aliphatic rings. The summed E-state index contributed by atoms with van der Waals surface area (Å²) in [6.45, 7) is 8.46. The van der Waals surface area contributed by atoms with Crippen molar-refractivity contribution in [1.29, 1.82) is 0 Å². The van der Waals surface area contributed by atoms with Gasteiger partial charge in [0.1, 0.15) is 0 Å². The van der Waals surface area contributed by atoms with Crippen LogP contribution in [0, 0.1) is 0 Å². The molecule has 0 unspecified atom stereocenters. The van der Waals surface area contributed by atoms with E-state index in [1.54, 1.807) is 45.0 Å². The van der Waals surface area contributed by atoms with E-state index in [1.165, 1.54) is 23.1 Å². The molecule has 0 spiro atoms. The summed E-state index contributed by atoms with van der Waals surface area (Å²) in [5.41, 5.74) is 1.27. The predicted octanol–water partition coefficient (Wildman–Crippen LogP) is 2.72. The van der Waals surface area contributed by atoms with E-state index >= 15 is 0 Å². The van der Waals surface area contributed by atoms with Gasteiger partial charge in [-0.05, 0) is 70.3 Å². The SMILES string of the molecule is CN1CCN(C(=O)c2ccc(NC(=O)c3ccc4c(c3)C(=O)N(C(C)(C)C)C4=O)cc2)CC1. The van der Waals surface area contributed by atoms with Crippen LogP contribution in [0.1, 0.15) is 62.2 Å². The molecule has 2 aliphatic heterocycles. The summed E-state index contributed by atoms with van der Waals surface area (Å²) in [4.78, 5) is 56.1. The smallest absolute Gasteiger partial charge is 0.262 e. The number of hydrogen-bond donors (Lipinski definition) is 1. The van der Waals surface area contributed by atoms with Gasteiger partial charge >= 0.3 is 0 Å². The molecule has 0 radical (unpaired) electrons. The number of amides is 4. The summed E-state index contributed by atoms with van der Waals surface area (Å²) < 4.78 is 0. The Hall–Kier alpha value is -3.52. The number of nitrogens with one attached hydrogen (secondary N) is 1. The van der Waals surface area contributed by atoms with Gasteiger partial charge < -0.3 is 15.1 Å². The van der Waals surface area contributed by atoms with Gasteiger partial charge in [0.05, 0.1) is 11.1 Å². The number of nitrogens with zero attached hydrogens (tertiary/aromatic N) is 3. The first kappa shape index (κ1) is 22.7. The van der Waals surface area contributed by atoms with E-state index in [9.17, 15) is 19.2 Å². The van der Waals surface area contributed by atoms with Gasteiger partial charge in [-0.1, -0.05) is 0 Å².